The first kappa shape index (κ1) is 31.3. The van der Waals surface area contributed by atoms with E-state index in [4.69, 9.17) is 0 Å². The summed E-state index contributed by atoms with van der Waals surface area (Å²) in [5, 5.41) is 7.90. The van der Waals surface area contributed by atoms with Crippen LogP contribution >= 0.6 is 11.3 Å². The standard InChI is InChI=1S/C53H36S/c1-33-51(41-19-7-5-16-38(41)30-34-25-26-35-13-2-3-15-37(35)29-34)47(32-50-52(33)46-22-10-11-24-49(46)54-50)39-27-28-45-48(31-39)42-20-8-9-21-44(42)53(45)43-23-12-17-36-14-4-6-18-40(36)43/h2-29,31-32,53H,30H2,1H3. The first-order valence-corrected chi connectivity index (χ1v) is 19.7. The SMILES string of the molecule is Cc1c(-c2ccccc2Cc2ccc3ccccc3c2)c(-c2ccc3c(c2)-c2ccccc2C3c2cccc3ccccc23)cc2sc3ccccc3c12. The van der Waals surface area contributed by atoms with Gasteiger partial charge in [0.2, 0.25) is 0 Å². The second kappa shape index (κ2) is 12.4. The van der Waals surface area contributed by atoms with Crippen LogP contribution < -0.4 is 0 Å². The summed E-state index contributed by atoms with van der Waals surface area (Å²) in [5.41, 5.74) is 16.0. The fourth-order valence-corrected chi connectivity index (χ4v) is 10.6. The minimum absolute atomic E-state index is 0.185. The quantitative estimate of drug-likeness (QED) is 0.167. The van der Waals surface area contributed by atoms with E-state index in [-0.39, 0.29) is 5.92 Å². The topological polar surface area (TPSA) is 0 Å². The normalized spacial score (nSPS) is 13.5. The predicted molar refractivity (Wildman–Crippen MR) is 232 cm³/mol. The highest BCUT2D eigenvalue weighted by Gasteiger charge is 2.31. The molecule has 10 aromatic rings. The van der Waals surface area contributed by atoms with E-state index in [0.717, 1.165) is 6.42 Å². The Hall–Kier alpha value is -6.28. The lowest BCUT2D eigenvalue weighted by molar-refractivity contribution is 1.03. The lowest BCUT2D eigenvalue weighted by Gasteiger charge is -2.20. The molecule has 1 unspecified atom stereocenters. The maximum Gasteiger partial charge on any atom is 0.0364 e. The summed E-state index contributed by atoms with van der Waals surface area (Å²) in [5.74, 6) is 0.185. The number of benzene rings is 9. The molecule has 0 saturated heterocycles. The van der Waals surface area contributed by atoms with Crippen molar-refractivity contribution in [3.05, 3.63) is 215 Å². The summed E-state index contributed by atoms with van der Waals surface area (Å²) in [6.07, 6.45) is 0.868. The van der Waals surface area contributed by atoms with Gasteiger partial charge < -0.3 is 0 Å². The summed E-state index contributed by atoms with van der Waals surface area (Å²) < 4.78 is 2.68. The summed E-state index contributed by atoms with van der Waals surface area (Å²) in [6.45, 7) is 2.35. The molecule has 0 aliphatic heterocycles. The Morgan fingerprint density at radius 3 is 2.04 bits per heavy atom. The Labute approximate surface area is 319 Å². The van der Waals surface area contributed by atoms with Crippen LogP contribution in [0.3, 0.4) is 0 Å². The molecule has 0 spiro atoms. The van der Waals surface area contributed by atoms with Crippen LogP contribution in [0.2, 0.25) is 0 Å². The summed E-state index contributed by atoms with van der Waals surface area (Å²) in [6, 6.07) is 68.1. The number of hydrogen-bond acceptors (Lipinski definition) is 1. The average Bonchev–Trinajstić information content (AvgIpc) is 3.76. The highest BCUT2D eigenvalue weighted by atomic mass is 32.1. The third kappa shape index (κ3) is 4.89. The second-order valence-electron chi connectivity index (χ2n) is 14.8. The van der Waals surface area contributed by atoms with Gasteiger partial charge in [0.25, 0.3) is 0 Å². The molecule has 1 aliphatic rings. The minimum Gasteiger partial charge on any atom is -0.135 e. The molecule has 0 amide bonds. The van der Waals surface area contributed by atoms with Crippen LogP contribution in [0.15, 0.2) is 182 Å². The van der Waals surface area contributed by atoms with E-state index in [2.05, 4.69) is 189 Å². The van der Waals surface area contributed by atoms with Crippen LogP contribution in [0.25, 0.3) is 75.1 Å². The van der Waals surface area contributed by atoms with Gasteiger partial charge >= 0.3 is 0 Å². The van der Waals surface area contributed by atoms with E-state index in [1.165, 1.54) is 108 Å². The van der Waals surface area contributed by atoms with Crippen molar-refractivity contribution in [1.29, 1.82) is 0 Å². The van der Waals surface area contributed by atoms with Crippen LogP contribution in [0.4, 0.5) is 0 Å². The zero-order chi connectivity index (χ0) is 35.8. The minimum atomic E-state index is 0.185. The smallest absolute Gasteiger partial charge is 0.0364 e. The molecule has 0 radical (unpaired) electrons. The average molecular weight is 705 g/mol. The van der Waals surface area contributed by atoms with E-state index in [9.17, 15) is 0 Å². The number of thiophene rings is 1. The monoisotopic (exact) mass is 704 g/mol. The first-order valence-electron chi connectivity index (χ1n) is 18.9. The maximum absolute atomic E-state index is 2.49. The number of hydrogen-bond donors (Lipinski definition) is 0. The third-order valence-electron chi connectivity index (χ3n) is 11.8. The fourth-order valence-electron chi connectivity index (χ4n) is 9.35. The Kier molecular flexibility index (Phi) is 7.18. The van der Waals surface area contributed by atoms with E-state index < -0.39 is 0 Å². The molecule has 0 N–H and O–H groups in total. The van der Waals surface area contributed by atoms with Gasteiger partial charge in [-0.25, -0.2) is 0 Å². The second-order valence-corrected chi connectivity index (χ2v) is 15.9. The third-order valence-corrected chi connectivity index (χ3v) is 12.9. The van der Waals surface area contributed by atoms with Gasteiger partial charge in [0.15, 0.2) is 0 Å². The van der Waals surface area contributed by atoms with Gasteiger partial charge in [0.1, 0.15) is 0 Å². The van der Waals surface area contributed by atoms with Crippen molar-refractivity contribution in [2.45, 2.75) is 19.3 Å². The van der Waals surface area contributed by atoms with E-state index in [1.807, 2.05) is 11.3 Å². The van der Waals surface area contributed by atoms with E-state index in [1.54, 1.807) is 0 Å². The largest absolute Gasteiger partial charge is 0.135 e. The predicted octanol–water partition coefficient (Wildman–Crippen LogP) is 14.8. The summed E-state index contributed by atoms with van der Waals surface area (Å²) >= 11 is 1.91. The maximum atomic E-state index is 2.49. The number of fused-ring (bicyclic) bond motifs is 8. The van der Waals surface area contributed by atoms with Crippen molar-refractivity contribution in [2.75, 3.05) is 0 Å². The highest BCUT2D eigenvalue weighted by molar-refractivity contribution is 7.25. The number of aryl methyl sites for hydroxylation is 1. The molecule has 0 bridgehead atoms. The van der Waals surface area contributed by atoms with Crippen molar-refractivity contribution >= 4 is 53.1 Å². The molecule has 0 saturated carbocycles. The summed E-state index contributed by atoms with van der Waals surface area (Å²) in [7, 11) is 0. The van der Waals surface area contributed by atoms with Crippen molar-refractivity contribution < 1.29 is 0 Å². The molecule has 9 aromatic carbocycles. The Morgan fingerprint density at radius 2 is 1.13 bits per heavy atom. The van der Waals surface area contributed by atoms with Gasteiger partial charge in [-0.2, -0.15) is 0 Å². The van der Waals surface area contributed by atoms with Crippen LogP contribution in [0.5, 0.6) is 0 Å². The first-order chi connectivity index (χ1) is 26.7. The Balaban J connectivity index is 1.13. The van der Waals surface area contributed by atoms with Crippen LogP contribution in [-0.4, -0.2) is 0 Å². The molecule has 1 aromatic heterocycles. The Morgan fingerprint density at radius 1 is 0.444 bits per heavy atom. The van der Waals surface area contributed by atoms with Gasteiger partial charge in [-0.1, -0.05) is 164 Å². The molecule has 254 valence electrons. The lowest BCUT2D eigenvalue weighted by atomic mass is 9.83. The zero-order valence-corrected chi connectivity index (χ0v) is 30.8. The molecule has 0 fully saturated rings. The van der Waals surface area contributed by atoms with Crippen LogP contribution in [0.1, 0.15) is 39.3 Å². The van der Waals surface area contributed by atoms with E-state index in [0.29, 0.717) is 0 Å². The van der Waals surface area contributed by atoms with Crippen LogP contribution in [0, 0.1) is 6.92 Å². The van der Waals surface area contributed by atoms with Gasteiger partial charge in [0, 0.05) is 26.1 Å². The van der Waals surface area contributed by atoms with Crippen molar-refractivity contribution in [2.24, 2.45) is 0 Å². The van der Waals surface area contributed by atoms with Crippen molar-refractivity contribution in [3.63, 3.8) is 0 Å². The molecule has 1 atom stereocenters. The summed E-state index contributed by atoms with van der Waals surface area (Å²) in [4.78, 5) is 0. The van der Waals surface area contributed by atoms with Gasteiger partial charge in [0.05, 0.1) is 0 Å². The van der Waals surface area contributed by atoms with Crippen molar-refractivity contribution in [3.8, 4) is 33.4 Å². The molecular weight excluding hydrogens is 669 g/mol. The van der Waals surface area contributed by atoms with Crippen molar-refractivity contribution in [1.82, 2.24) is 0 Å². The number of rotatable bonds is 5. The van der Waals surface area contributed by atoms with Gasteiger partial charge in [-0.05, 0) is 120 Å². The van der Waals surface area contributed by atoms with Crippen LogP contribution in [-0.2, 0) is 6.42 Å². The van der Waals surface area contributed by atoms with Gasteiger partial charge in [-0.15, -0.1) is 11.3 Å². The zero-order valence-electron chi connectivity index (χ0n) is 30.0. The molecule has 1 heteroatoms. The molecule has 11 rings (SSSR count). The lowest BCUT2D eigenvalue weighted by Crippen LogP contribution is -2.00. The Bertz CT molecular complexity index is 3100. The highest BCUT2D eigenvalue weighted by Crippen LogP contribution is 2.52. The molecule has 1 aliphatic carbocycles. The molecular formula is C53H36S. The molecule has 54 heavy (non-hydrogen) atoms. The molecule has 0 nitrogen and oxygen atoms in total. The molecule has 1 heterocycles. The fraction of sp³-hybridized carbons (Fsp3) is 0.0566. The van der Waals surface area contributed by atoms with E-state index >= 15 is 0 Å². The van der Waals surface area contributed by atoms with Gasteiger partial charge in [-0.3, -0.25) is 0 Å².